The molecule has 54 valence electrons. The van der Waals surface area contributed by atoms with Crippen molar-refractivity contribution in [1.29, 1.82) is 0 Å². The second-order valence-electron chi connectivity index (χ2n) is 2.49. The third-order valence-electron chi connectivity index (χ3n) is 1.70. The normalized spacial score (nSPS) is 24.1. The van der Waals surface area contributed by atoms with Crippen LogP contribution in [-0.4, -0.2) is 5.91 Å². The average molecular weight is 137 g/mol. The highest BCUT2D eigenvalue weighted by Gasteiger charge is 2.14. The molecule has 0 aromatic rings. The largest absolute Gasteiger partial charge is 0.369 e. The molecule has 0 saturated carbocycles. The minimum atomic E-state index is -0.260. The summed E-state index contributed by atoms with van der Waals surface area (Å²) in [6.07, 6.45) is 6.77. The second-order valence-corrected chi connectivity index (χ2v) is 2.49. The van der Waals surface area contributed by atoms with E-state index in [9.17, 15) is 4.79 Å². The molecule has 10 heavy (non-hydrogen) atoms. The minimum Gasteiger partial charge on any atom is -0.369 e. The first-order valence-corrected chi connectivity index (χ1v) is 3.34. The average Bonchev–Trinajstić information content (AvgIpc) is 1.88. The molecular formula is C8H11NO. The van der Waals surface area contributed by atoms with Gasteiger partial charge >= 0.3 is 0 Å². The van der Waals surface area contributed by atoms with E-state index >= 15 is 0 Å². The first-order chi connectivity index (χ1) is 4.72. The lowest BCUT2D eigenvalue weighted by atomic mass is 9.94. The Bertz CT molecular complexity index is 203. The van der Waals surface area contributed by atoms with Crippen molar-refractivity contribution < 1.29 is 4.79 Å². The summed E-state index contributed by atoms with van der Waals surface area (Å²) in [5.74, 6) is -0.418. The Kier molecular flexibility index (Phi) is 1.90. The lowest BCUT2D eigenvalue weighted by Gasteiger charge is -2.11. The maximum atomic E-state index is 10.7. The summed E-state index contributed by atoms with van der Waals surface area (Å²) in [6, 6.07) is 0. The summed E-state index contributed by atoms with van der Waals surface area (Å²) in [4.78, 5) is 10.7. The molecule has 0 heterocycles. The molecule has 0 bridgehead atoms. The van der Waals surface area contributed by atoms with Gasteiger partial charge in [-0.05, 0) is 13.3 Å². The highest BCUT2D eigenvalue weighted by atomic mass is 16.1. The van der Waals surface area contributed by atoms with Crippen molar-refractivity contribution in [1.82, 2.24) is 0 Å². The zero-order valence-corrected chi connectivity index (χ0v) is 6.00. The van der Waals surface area contributed by atoms with Crippen LogP contribution >= 0.6 is 0 Å². The number of carbonyl (C=O) groups is 1. The van der Waals surface area contributed by atoms with Crippen molar-refractivity contribution in [2.75, 3.05) is 0 Å². The highest BCUT2D eigenvalue weighted by molar-refractivity contribution is 5.81. The van der Waals surface area contributed by atoms with Gasteiger partial charge in [-0.15, -0.1) is 0 Å². The van der Waals surface area contributed by atoms with E-state index in [1.165, 1.54) is 0 Å². The van der Waals surface area contributed by atoms with E-state index in [1.54, 1.807) is 0 Å². The highest BCUT2D eigenvalue weighted by Crippen LogP contribution is 2.17. The quantitative estimate of drug-likeness (QED) is 0.538. The zero-order chi connectivity index (χ0) is 7.56. The van der Waals surface area contributed by atoms with Crippen LogP contribution in [0.3, 0.4) is 0 Å². The molecular weight excluding hydrogens is 126 g/mol. The lowest BCUT2D eigenvalue weighted by molar-refractivity contribution is -0.119. The van der Waals surface area contributed by atoms with E-state index in [-0.39, 0.29) is 11.8 Å². The number of carbonyl (C=O) groups excluding carboxylic acids is 1. The molecule has 0 aromatic heterocycles. The second kappa shape index (κ2) is 2.69. The van der Waals surface area contributed by atoms with Crippen LogP contribution in [0.5, 0.6) is 0 Å². The summed E-state index contributed by atoms with van der Waals surface area (Å²) in [5.41, 5.74) is 6.19. The molecule has 0 radical (unpaired) electrons. The number of hydrogen-bond acceptors (Lipinski definition) is 1. The van der Waals surface area contributed by atoms with E-state index in [4.69, 9.17) is 5.73 Å². The Morgan fingerprint density at radius 3 is 2.90 bits per heavy atom. The van der Waals surface area contributed by atoms with Crippen LogP contribution in [0.4, 0.5) is 0 Å². The van der Waals surface area contributed by atoms with Crippen molar-refractivity contribution >= 4 is 5.91 Å². The Morgan fingerprint density at radius 2 is 2.50 bits per heavy atom. The third kappa shape index (κ3) is 1.26. The fraction of sp³-hybridized carbons (Fsp3) is 0.375. The number of primary amides is 1. The smallest absolute Gasteiger partial charge is 0.228 e. The van der Waals surface area contributed by atoms with E-state index in [2.05, 4.69) is 0 Å². The molecule has 1 aliphatic carbocycles. The monoisotopic (exact) mass is 137 g/mol. The SMILES string of the molecule is CC1=CCC=CC1C(N)=O. The molecule has 0 saturated heterocycles. The molecule has 0 spiro atoms. The van der Waals surface area contributed by atoms with Gasteiger partial charge in [0.25, 0.3) is 0 Å². The number of hydrogen-bond donors (Lipinski definition) is 1. The molecule has 0 aromatic carbocycles. The molecule has 1 rings (SSSR count). The molecule has 0 fully saturated rings. The summed E-state index contributed by atoms with van der Waals surface area (Å²) in [7, 11) is 0. The predicted octanol–water partition coefficient (Wildman–Crippen LogP) is 0.994. The summed E-state index contributed by atoms with van der Waals surface area (Å²) in [5, 5.41) is 0. The van der Waals surface area contributed by atoms with Crippen molar-refractivity contribution in [2.24, 2.45) is 11.7 Å². The van der Waals surface area contributed by atoms with Crippen LogP contribution in [0.25, 0.3) is 0 Å². The summed E-state index contributed by atoms with van der Waals surface area (Å²) in [6.45, 7) is 1.93. The van der Waals surface area contributed by atoms with Crippen LogP contribution in [0.15, 0.2) is 23.8 Å². The van der Waals surface area contributed by atoms with Crippen LogP contribution in [-0.2, 0) is 4.79 Å². The summed E-state index contributed by atoms with van der Waals surface area (Å²) >= 11 is 0. The molecule has 2 heteroatoms. The molecule has 2 N–H and O–H groups in total. The van der Waals surface area contributed by atoms with Gasteiger partial charge in [-0.2, -0.15) is 0 Å². The Balaban J connectivity index is 2.75. The van der Waals surface area contributed by atoms with Gasteiger partial charge in [-0.3, -0.25) is 4.79 Å². The van der Waals surface area contributed by atoms with Crippen LogP contribution < -0.4 is 5.73 Å². The van der Waals surface area contributed by atoms with Crippen LogP contribution in [0.2, 0.25) is 0 Å². The zero-order valence-electron chi connectivity index (χ0n) is 6.00. The Hall–Kier alpha value is -1.05. The molecule has 1 aliphatic rings. The molecule has 2 nitrogen and oxygen atoms in total. The van der Waals surface area contributed by atoms with Crippen LogP contribution in [0.1, 0.15) is 13.3 Å². The maximum Gasteiger partial charge on any atom is 0.228 e. The van der Waals surface area contributed by atoms with Crippen molar-refractivity contribution in [3.8, 4) is 0 Å². The first kappa shape index (κ1) is 7.06. The maximum absolute atomic E-state index is 10.7. The number of rotatable bonds is 1. The molecule has 1 unspecified atom stereocenters. The van der Waals surface area contributed by atoms with Gasteiger partial charge in [0, 0.05) is 0 Å². The Morgan fingerprint density at radius 1 is 1.80 bits per heavy atom. The minimum absolute atomic E-state index is 0.159. The van der Waals surface area contributed by atoms with Gasteiger partial charge in [0.05, 0.1) is 5.92 Å². The molecule has 1 atom stereocenters. The van der Waals surface area contributed by atoms with Gasteiger partial charge in [0.15, 0.2) is 0 Å². The van der Waals surface area contributed by atoms with E-state index in [0.29, 0.717) is 0 Å². The first-order valence-electron chi connectivity index (χ1n) is 3.34. The van der Waals surface area contributed by atoms with Crippen LogP contribution in [0, 0.1) is 5.92 Å². The van der Waals surface area contributed by atoms with Gasteiger partial charge < -0.3 is 5.73 Å². The predicted molar refractivity (Wildman–Crippen MR) is 40.2 cm³/mol. The fourth-order valence-electron chi connectivity index (χ4n) is 1.07. The summed E-state index contributed by atoms with van der Waals surface area (Å²) < 4.78 is 0. The molecule has 1 amide bonds. The fourth-order valence-corrected chi connectivity index (χ4v) is 1.07. The van der Waals surface area contributed by atoms with E-state index < -0.39 is 0 Å². The standard InChI is InChI=1S/C8H11NO/c1-6-4-2-3-5-7(6)8(9)10/h3-5,7H,2H2,1H3,(H2,9,10). The van der Waals surface area contributed by atoms with Gasteiger partial charge in [-0.25, -0.2) is 0 Å². The third-order valence-corrected chi connectivity index (χ3v) is 1.70. The van der Waals surface area contributed by atoms with Gasteiger partial charge in [-0.1, -0.05) is 23.8 Å². The van der Waals surface area contributed by atoms with Gasteiger partial charge in [0.2, 0.25) is 5.91 Å². The number of nitrogens with two attached hydrogens (primary N) is 1. The van der Waals surface area contributed by atoms with Gasteiger partial charge in [0.1, 0.15) is 0 Å². The van der Waals surface area contributed by atoms with E-state index in [1.807, 2.05) is 25.2 Å². The van der Waals surface area contributed by atoms with E-state index in [0.717, 1.165) is 12.0 Å². The topological polar surface area (TPSA) is 43.1 Å². The van der Waals surface area contributed by atoms with Crippen molar-refractivity contribution in [3.05, 3.63) is 23.8 Å². The molecule has 0 aliphatic heterocycles. The van der Waals surface area contributed by atoms with Crippen molar-refractivity contribution in [3.63, 3.8) is 0 Å². The number of amides is 1. The lowest BCUT2D eigenvalue weighted by Crippen LogP contribution is -2.23. The van der Waals surface area contributed by atoms with Crippen molar-refractivity contribution in [2.45, 2.75) is 13.3 Å². The Labute approximate surface area is 60.4 Å². The number of allylic oxidation sites excluding steroid dienone is 2.